The Kier molecular flexibility index (Phi) is 7.32. The molecule has 1 N–H and O–H groups in total. The number of carbonyl (C=O) groups is 2. The van der Waals surface area contributed by atoms with Gasteiger partial charge in [0.15, 0.2) is 0 Å². The van der Waals surface area contributed by atoms with Crippen LogP contribution in [0.1, 0.15) is 49.3 Å². The van der Waals surface area contributed by atoms with Crippen molar-refractivity contribution in [3.8, 4) is 0 Å². The average molecular weight is 413 g/mol. The summed E-state index contributed by atoms with van der Waals surface area (Å²) >= 11 is 6.00. The Labute approximate surface area is 178 Å². The summed E-state index contributed by atoms with van der Waals surface area (Å²) in [5.41, 5.74) is 3.03. The van der Waals surface area contributed by atoms with Crippen LogP contribution in [-0.4, -0.2) is 28.8 Å². The van der Waals surface area contributed by atoms with E-state index in [-0.39, 0.29) is 24.3 Å². The van der Waals surface area contributed by atoms with Crippen LogP contribution in [0.2, 0.25) is 5.02 Å². The number of carbonyl (C=O) groups excluding carboxylic acids is 2. The highest BCUT2D eigenvalue weighted by molar-refractivity contribution is 6.30. The van der Waals surface area contributed by atoms with Crippen LogP contribution < -0.4 is 5.32 Å². The van der Waals surface area contributed by atoms with E-state index in [1.54, 1.807) is 4.90 Å². The van der Waals surface area contributed by atoms with E-state index in [1.807, 2.05) is 62.4 Å². The predicted octanol–water partition coefficient (Wildman–Crippen LogP) is 4.67. The minimum absolute atomic E-state index is 0.0559. The second-order valence-electron chi connectivity index (χ2n) is 7.98. The third-order valence-electron chi connectivity index (χ3n) is 5.57. The van der Waals surface area contributed by atoms with Gasteiger partial charge < -0.3 is 10.2 Å². The topological polar surface area (TPSA) is 49.4 Å². The van der Waals surface area contributed by atoms with Crippen molar-refractivity contribution in [1.29, 1.82) is 0 Å². The molecular weight excluding hydrogens is 384 g/mol. The van der Waals surface area contributed by atoms with Crippen molar-refractivity contribution in [3.63, 3.8) is 0 Å². The zero-order chi connectivity index (χ0) is 20.8. The number of rotatable bonds is 7. The van der Waals surface area contributed by atoms with Gasteiger partial charge in [-0.15, -0.1) is 0 Å². The van der Waals surface area contributed by atoms with E-state index >= 15 is 0 Å². The molecule has 0 radical (unpaired) electrons. The fourth-order valence-electron chi connectivity index (χ4n) is 3.86. The van der Waals surface area contributed by atoms with Crippen molar-refractivity contribution in [1.82, 2.24) is 10.2 Å². The third kappa shape index (κ3) is 6.07. The lowest BCUT2D eigenvalue weighted by molar-refractivity contribution is -0.140. The van der Waals surface area contributed by atoms with Crippen molar-refractivity contribution in [2.45, 2.75) is 64.6 Å². The molecule has 0 heterocycles. The van der Waals surface area contributed by atoms with Gasteiger partial charge in [-0.25, -0.2) is 0 Å². The fourth-order valence-corrected chi connectivity index (χ4v) is 3.99. The van der Waals surface area contributed by atoms with Crippen LogP contribution in [0, 0.1) is 6.92 Å². The van der Waals surface area contributed by atoms with Crippen LogP contribution in [0.15, 0.2) is 48.5 Å². The minimum atomic E-state index is -0.538. The van der Waals surface area contributed by atoms with Gasteiger partial charge >= 0.3 is 0 Å². The lowest BCUT2D eigenvalue weighted by atomic mass is 10.1. The molecule has 0 bridgehead atoms. The van der Waals surface area contributed by atoms with E-state index in [4.69, 9.17) is 11.6 Å². The van der Waals surface area contributed by atoms with E-state index in [9.17, 15) is 9.59 Å². The molecule has 1 aliphatic rings. The molecule has 29 heavy (non-hydrogen) atoms. The highest BCUT2D eigenvalue weighted by Crippen LogP contribution is 2.19. The largest absolute Gasteiger partial charge is 0.352 e. The lowest BCUT2D eigenvalue weighted by Crippen LogP contribution is -2.50. The van der Waals surface area contributed by atoms with Crippen LogP contribution in [0.5, 0.6) is 0 Å². The maximum atomic E-state index is 13.2. The Morgan fingerprint density at radius 2 is 1.79 bits per heavy atom. The van der Waals surface area contributed by atoms with Crippen molar-refractivity contribution in [2.24, 2.45) is 0 Å². The zero-order valence-corrected chi connectivity index (χ0v) is 17.9. The quantitative estimate of drug-likeness (QED) is 0.718. The molecule has 2 aromatic carbocycles. The van der Waals surface area contributed by atoms with Gasteiger partial charge in [-0.2, -0.15) is 0 Å². The van der Waals surface area contributed by atoms with Gasteiger partial charge in [-0.05, 0) is 49.9 Å². The number of hydrogen-bond donors (Lipinski definition) is 1. The SMILES string of the molecule is Cc1cccc(CC(=O)N(Cc2ccc(Cl)cc2)[C@H](C)C(=O)NC2CCCC2)c1. The second kappa shape index (κ2) is 9.93. The maximum Gasteiger partial charge on any atom is 0.242 e. The van der Waals surface area contributed by atoms with Crippen LogP contribution in [0.25, 0.3) is 0 Å². The number of amides is 2. The smallest absolute Gasteiger partial charge is 0.242 e. The molecule has 0 unspecified atom stereocenters. The second-order valence-corrected chi connectivity index (χ2v) is 8.42. The molecule has 2 aromatic rings. The molecule has 2 amide bonds. The summed E-state index contributed by atoms with van der Waals surface area (Å²) in [6.45, 7) is 4.20. The lowest BCUT2D eigenvalue weighted by Gasteiger charge is -2.30. The molecule has 0 saturated heterocycles. The first-order chi connectivity index (χ1) is 13.9. The number of hydrogen-bond acceptors (Lipinski definition) is 2. The molecule has 154 valence electrons. The molecule has 1 fully saturated rings. The number of aryl methyl sites for hydroxylation is 1. The van der Waals surface area contributed by atoms with Gasteiger partial charge in [0.05, 0.1) is 6.42 Å². The van der Waals surface area contributed by atoms with Gasteiger partial charge in [0, 0.05) is 17.6 Å². The van der Waals surface area contributed by atoms with Crippen molar-refractivity contribution in [3.05, 3.63) is 70.2 Å². The first-order valence-electron chi connectivity index (χ1n) is 10.3. The van der Waals surface area contributed by atoms with Crippen molar-refractivity contribution in [2.75, 3.05) is 0 Å². The number of nitrogens with one attached hydrogen (secondary N) is 1. The Balaban J connectivity index is 1.76. The number of nitrogens with zero attached hydrogens (tertiary/aromatic N) is 1. The minimum Gasteiger partial charge on any atom is -0.352 e. The Hall–Kier alpha value is -2.33. The van der Waals surface area contributed by atoms with Gasteiger partial charge in [0.25, 0.3) is 0 Å². The molecule has 5 heteroatoms. The Morgan fingerprint density at radius 1 is 1.10 bits per heavy atom. The Morgan fingerprint density at radius 3 is 2.45 bits per heavy atom. The summed E-state index contributed by atoms with van der Waals surface area (Å²) in [7, 11) is 0. The van der Waals surface area contributed by atoms with Crippen LogP contribution in [0.4, 0.5) is 0 Å². The summed E-state index contributed by atoms with van der Waals surface area (Å²) in [5, 5.41) is 3.78. The van der Waals surface area contributed by atoms with E-state index in [1.165, 1.54) is 0 Å². The molecular formula is C24H29ClN2O2. The van der Waals surface area contributed by atoms with Crippen LogP contribution in [-0.2, 0) is 22.6 Å². The average Bonchev–Trinajstić information content (AvgIpc) is 3.20. The summed E-state index contributed by atoms with van der Waals surface area (Å²) < 4.78 is 0. The Bertz CT molecular complexity index is 844. The molecule has 1 atom stereocenters. The van der Waals surface area contributed by atoms with Crippen molar-refractivity contribution >= 4 is 23.4 Å². The summed E-state index contributed by atoms with van der Waals surface area (Å²) in [4.78, 5) is 27.7. The van der Waals surface area contributed by atoms with E-state index in [0.717, 1.165) is 42.4 Å². The normalized spacial score (nSPS) is 15.1. The number of benzene rings is 2. The fraction of sp³-hybridized carbons (Fsp3) is 0.417. The molecule has 3 rings (SSSR count). The van der Waals surface area contributed by atoms with Gasteiger partial charge in [-0.1, -0.05) is 66.4 Å². The van der Waals surface area contributed by atoms with E-state index < -0.39 is 6.04 Å². The standard InChI is InChI=1S/C24H29ClN2O2/c1-17-6-5-7-20(14-17)15-23(28)27(16-19-10-12-21(25)13-11-19)18(2)24(29)26-22-8-3-4-9-22/h5-7,10-14,18,22H,3-4,8-9,15-16H2,1-2H3,(H,26,29)/t18-/m1/s1. The summed E-state index contributed by atoms with van der Waals surface area (Å²) in [5.74, 6) is -0.136. The summed E-state index contributed by atoms with van der Waals surface area (Å²) in [6.07, 6.45) is 4.62. The monoisotopic (exact) mass is 412 g/mol. The van der Waals surface area contributed by atoms with Crippen LogP contribution >= 0.6 is 11.6 Å². The molecule has 1 aliphatic carbocycles. The van der Waals surface area contributed by atoms with E-state index in [0.29, 0.717) is 11.6 Å². The van der Waals surface area contributed by atoms with Crippen LogP contribution in [0.3, 0.4) is 0 Å². The third-order valence-corrected chi connectivity index (χ3v) is 5.82. The molecule has 0 aromatic heterocycles. The zero-order valence-electron chi connectivity index (χ0n) is 17.2. The van der Waals surface area contributed by atoms with Gasteiger partial charge in [0.1, 0.15) is 6.04 Å². The first kappa shape index (κ1) is 21.4. The van der Waals surface area contributed by atoms with Gasteiger partial charge in [-0.3, -0.25) is 9.59 Å². The predicted molar refractivity (Wildman–Crippen MR) is 117 cm³/mol. The van der Waals surface area contributed by atoms with Crippen molar-refractivity contribution < 1.29 is 9.59 Å². The van der Waals surface area contributed by atoms with Gasteiger partial charge in [0.2, 0.25) is 11.8 Å². The van der Waals surface area contributed by atoms with E-state index in [2.05, 4.69) is 5.32 Å². The molecule has 4 nitrogen and oxygen atoms in total. The molecule has 1 saturated carbocycles. The first-order valence-corrected chi connectivity index (χ1v) is 10.7. The maximum absolute atomic E-state index is 13.2. The highest BCUT2D eigenvalue weighted by Gasteiger charge is 2.28. The number of halogens is 1. The summed E-state index contributed by atoms with van der Waals surface area (Å²) in [6, 6.07) is 15.0. The highest BCUT2D eigenvalue weighted by atomic mass is 35.5. The molecule has 0 aliphatic heterocycles. The molecule has 0 spiro atoms.